The number of rotatable bonds is 6. The molecule has 3 amide bonds. The average molecular weight is 532 g/mol. The van der Waals surface area contributed by atoms with Gasteiger partial charge in [-0.1, -0.05) is 23.7 Å². The second kappa shape index (κ2) is 11.3. The number of fused-ring (bicyclic) bond motifs is 1. The van der Waals surface area contributed by atoms with E-state index in [1.54, 1.807) is 41.6 Å². The molecule has 0 saturated heterocycles. The van der Waals surface area contributed by atoms with Crippen LogP contribution in [0.1, 0.15) is 57.8 Å². The number of hydrogen-bond donors (Lipinski definition) is 2. The third-order valence-corrected chi connectivity index (χ3v) is 7.55. The Morgan fingerprint density at radius 3 is 2.61 bits per heavy atom. The fourth-order valence-corrected chi connectivity index (χ4v) is 5.39. The number of amides is 3. The second-order valence-electron chi connectivity index (χ2n) is 10.1. The number of aromatic nitrogens is 2. The lowest BCUT2D eigenvalue weighted by Crippen LogP contribution is -2.49. The van der Waals surface area contributed by atoms with Crippen LogP contribution in [0.4, 0.5) is 5.69 Å². The van der Waals surface area contributed by atoms with Crippen LogP contribution in [-0.2, 0) is 11.2 Å². The summed E-state index contributed by atoms with van der Waals surface area (Å²) in [6.07, 6.45) is 6.96. The molecule has 1 aromatic carbocycles. The van der Waals surface area contributed by atoms with Gasteiger partial charge in [0.15, 0.2) is 0 Å². The van der Waals surface area contributed by atoms with Gasteiger partial charge in [0.1, 0.15) is 11.7 Å². The van der Waals surface area contributed by atoms with Crippen molar-refractivity contribution in [1.82, 2.24) is 20.2 Å². The molecule has 1 aliphatic carbocycles. The highest BCUT2D eigenvalue weighted by Crippen LogP contribution is 2.31. The highest BCUT2D eigenvalue weighted by molar-refractivity contribution is 6.31. The number of nitrogens with zero attached hydrogens (tertiary/aromatic N) is 3. The maximum atomic E-state index is 13.8. The third kappa shape index (κ3) is 5.86. The maximum absolute atomic E-state index is 13.8. The van der Waals surface area contributed by atoms with E-state index in [1.807, 2.05) is 31.2 Å². The van der Waals surface area contributed by atoms with Crippen molar-refractivity contribution in [2.24, 2.45) is 5.92 Å². The lowest BCUT2D eigenvalue weighted by molar-refractivity contribution is -0.120. The van der Waals surface area contributed by atoms with Crippen LogP contribution in [0.5, 0.6) is 0 Å². The summed E-state index contributed by atoms with van der Waals surface area (Å²) in [6.45, 7) is 2.38. The van der Waals surface area contributed by atoms with E-state index in [0.29, 0.717) is 34.9 Å². The minimum Gasteiger partial charge on any atom is -0.348 e. The van der Waals surface area contributed by atoms with Crippen molar-refractivity contribution >= 4 is 35.0 Å². The Bertz CT molecular complexity index is 1320. The van der Waals surface area contributed by atoms with Crippen LogP contribution < -0.4 is 10.6 Å². The Kier molecular flexibility index (Phi) is 7.69. The summed E-state index contributed by atoms with van der Waals surface area (Å²) in [5.74, 6) is -0.413. The summed E-state index contributed by atoms with van der Waals surface area (Å²) in [6, 6.07) is 13.5. The molecule has 8 nitrogen and oxygen atoms in total. The zero-order valence-corrected chi connectivity index (χ0v) is 21.9. The number of halogens is 1. The van der Waals surface area contributed by atoms with E-state index >= 15 is 0 Å². The van der Waals surface area contributed by atoms with E-state index in [1.165, 1.54) is 0 Å². The molecule has 1 aliphatic heterocycles. The van der Waals surface area contributed by atoms with Gasteiger partial charge in [-0.25, -0.2) is 0 Å². The lowest BCUT2D eigenvalue weighted by Gasteiger charge is -2.35. The zero-order valence-electron chi connectivity index (χ0n) is 21.2. The van der Waals surface area contributed by atoms with Crippen molar-refractivity contribution in [3.05, 3.63) is 88.5 Å². The molecule has 0 unspecified atom stereocenters. The molecule has 2 N–H and O–H groups in total. The smallest absolute Gasteiger partial charge is 0.270 e. The summed E-state index contributed by atoms with van der Waals surface area (Å²) < 4.78 is 0. The monoisotopic (exact) mass is 531 g/mol. The molecule has 1 fully saturated rings. The SMILES string of the molecule is Cc1ccc(C(=O)N[C@H]2CC[C@H](CN3C(=O)c4ccc(Cl)cc4NC(=O)[C@H]3Cc3ccccn3)CC2)nc1. The fraction of sp³-hybridized carbons (Fsp3) is 0.345. The van der Waals surface area contributed by atoms with Crippen molar-refractivity contribution in [3.63, 3.8) is 0 Å². The quantitative estimate of drug-likeness (QED) is 0.489. The van der Waals surface area contributed by atoms with Crippen LogP contribution in [0, 0.1) is 12.8 Å². The molecule has 2 aromatic heterocycles. The number of anilines is 1. The largest absolute Gasteiger partial charge is 0.348 e. The summed E-state index contributed by atoms with van der Waals surface area (Å²) in [5.41, 5.74) is 3.02. The van der Waals surface area contributed by atoms with E-state index in [4.69, 9.17) is 11.6 Å². The van der Waals surface area contributed by atoms with E-state index < -0.39 is 6.04 Å². The Morgan fingerprint density at radius 2 is 1.89 bits per heavy atom. The van der Waals surface area contributed by atoms with E-state index in [9.17, 15) is 14.4 Å². The van der Waals surface area contributed by atoms with Crippen molar-refractivity contribution in [1.29, 1.82) is 0 Å². The number of hydrogen-bond acceptors (Lipinski definition) is 5. The fourth-order valence-electron chi connectivity index (χ4n) is 5.22. The standard InChI is InChI=1S/C29H30ClN5O3/c1-18-5-12-24(32-16-18)27(36)33-21-9-6-19(7-10-21)17-35-26(15-22-4-2-3-13-31-22)28(37)34-25-14-20(30)8-11-23(25)29(35)38/h2-5,8,11-14,16,19,21,26H,6-7,9-10,15,17H2,1H3,(H,33,36)(H,34,37)/t19-,21-,26-/m1/s1. The molecule has 3 aromatic rings. The molecule has 0 spiro atoms. The topological polar surface area (TPSA) is 104 Å². The first-order valence-electron chi connectivity index (χ1n) is 12.9. The van der Waals surface area contributed by atoms with Crippen LogP contribution in [0.2, 0.25) is 5.02 Å². The molecular weight excluding hydrogens is 502 g/mol. The van der Waals surface area contributed by atoms with Gasteiger partial charge in [-0.2, -0.15) is 0 Å². The highest BCUT2D eigenvalue weighted by Gasteiger charge is 2.37. The number of benzene rings is 1. The van der Waals surface area contributed by atoms with E-state index in [0.717, 1.165) is 36.9 Å². The predicted molar refractivity (Wildman–Crippen MR) is 145 cm³/mol. The van der Waals surface area contributed by atoms with Crippen molar-refractivity contribution in [2.75, 3.05) is 11.9 Å². The van der Waals surface area contributed by atoms with Gasteiger partial charge in [-0.05, 0) is 80.5 Å². The van der Waals surface area contributed by atoms with Gasteiger partial charge in [-0.15, -0.1) is 0 Å². The van der Waals surface area contributed by atoms with Gasteiger partial charge in [0.25, 0.3) is 11.8 Å². The van der Waals surface area contributed by atoms with Crippen molar-refractivity contribution in [2.45, 2.75) is 51.1 Å². The van der Waals surface area contributed by atoms with Crippen LogP contribution in [0.3, 0.4) is 0 Å². The van der Waals surface area contributed by atoms with Crippen LogP contribution in [0.15, 0.2) is 60.9 Å². The average Bonchev–Trinajstić information content (AvgIpc) is 3.00. The first-order chi connectivity index (χ1) is 18.4. The van der Waals surface area contributed by atoms with Crippen molar-refractivity contribution < 1.29 is 14.4 Å². The third-order valence-electron chi connectivity index (χ3n) is 7.32. The Labute approximate surface area is 226 Å². The minimum atomic E-state index is -0.700. The zero-order chi connectivity index (χ0) is 26.6. The van der Waals surface area contributed by atoms with E-state index in [2.05, 4.69) is 20.6 Å². The number of pyridine rings is 2. The molecule has 3 heterocycles. The summed E-state index contributed by atoms with van der Waals surface area (Å²) in [5, 5.41) is 6.46. The number of carbonyl (C=O) groups excluding carboxylic acids is 3. The Morgan fingerprint density at radius 1 is 1.08 bits per heavy atom. The van der Waals surface area contributed by atoms with Gasteiger partial charge in [0.2, 0.25) is 5.91 Å². The van der Waals surface area contributed by atoms with Crippen LogP contribution in [-0.4, -0.2) is 51.2 Å². The predicted octanol–water partition coefficient (Wildman–Crippen LogP) is 4.43. The molecule has 0 bridgehead atoms. The van der Waals surface area contributed by atoms with Crippen LogP contribution >= 0.6 is 11.6 Å². The summed E-state index contributed by atoms with van der Waals surface area (Å²) >= 11 is 6.16. The second-order valence-corrected chi connectivity index (χ2v) is 10.5. The number of nitrogens with one attached hydrogen (secondary N) is 2. The first kappa shape index (κ1) is 25.9. The molecule has 1 saturated carbocycles. The Hall–Kier alpha value is -3.78. The van der Waals surface area contributed by atoms with Gasteiger partial charge < -0.3 is 15.5 Å². The molecule has 0 radical (unpaired) electrons. The Balaban J connectivity index is 1.29. The number of aryl methyl sites for hydroxylation is 1. The van der Waals surface area contributed by atoms with Gasteiger partial charge >= 0.3 is 0 Å². The van der Waals surface area contributed by atoms with Crippen molar-refractivity contribution in [3.8, 4) is 0 Å². The van der Waals surface area contributed by atoms with Gasteiger partial charge in [-0.3, -0.25) is 24.4 Å². The lowest BCUT2D eigenvalue weighted by atomic mass is 9.85. The summed E-state index contributed by atoms with van der Waals surface area (Å²) in [4.78, 5) is 50.1. The molecule has 38 heavy (non-hydrogen) atoms. The van der Waals surface area contributed by atoms with Gasteiger partial charge in [0.05, 0.1) is 11.3 Å². The van der Waals surface area contributed by atoms with Gasteiger partial charge in [0, 0.05) is 42.1 Å². The first-order valence-corrected chi connectivity index (χ1v) is 13.3. The number of carbonyl (C=O) groups is 3. The van der Waals surface area contributed by atoms with Crippen LogP contribution in [0.25, 0.3) is 0 Å². The minimum absolute atomic E-state index is 0.0529. The highest BCUT2D eigenvalue weighted by atomic mass is 35.5. The molecule has 196 valence electrons. The normalized spacial score (nSPS) is 21.3. The maximum Gasteiger partial charge on any atom is 0.270 e. The van der Waals surface area contributed by atoms with E-state index in [-0.39, 0.29) is 29.7 Å². The summed E-state index contributed by atoms with van der Waals surface area (Å²) in [7, 11) is 0. The molecular formula is C29H30ClN5O3. The molecule has 9 heteroatoms. The molecule has 5 rings (SSSR count). The molecule has 2 aliphatic rings. The molecule has 1 atom stereocenters.